The molecule has 0 saturated carbocycles. The molecule has 4 heterocycles. The van der Waals surface area contributed by atoms with Crippen LogP contribution in [0, 0.1) is 11.3 Å². The number of hydrogen-bond donors (Lipinski definition) is 0. The van der Waals surface area contributed by atoms with Crippen molar-refractivity contribution in [1.82, 2.24) is 18.9 Å². The van der Waals surface area contributed by atoms with E-state index < -0.39 is 0 Å². The van der Waals surface area contributed by atoms with Gasteiger partial charge in [-0.25, -0.2) is 4.98 Å². The van der Waals surface area contributed by atoms with Crippen LogP contribution in [-0.2, 0) is 17.0 Å². The van der Waals surface area contributed by atoms with Crippen molar-refractivity contribution >= 4 is 28.2 Å². The summed E-state index contributed by atoms with van der Waals surface area (Å²) < 4.78 is 9.20. The molecule has 168 valence electrons. The molecule has 1 aromatic carbocycles. The molecule has 0 bridgehead atoms. The van der Waals surface area contributed by atoms with Crippen molar-refractivity contribution in [2.24, 2.45) is 0 Å². The Kier molecular flexibility index (Phi) is 6.44. The van der Waals surface area contributed by atoms with E-state index in [9.17, 15) is 10.1 Å². The van der Waals surface area contributed by atoms with E-state index in [1.807, 2.05) is 59.3 Å². The molecule has 4 aromatic rings. The zero-order valence-corrected chi connectivity index (χ0v) is 19.1. The van der Waals surface area contributed by atoms with Crippen LogP contribution in [0.15, 0.2) is 64.8 Å². The maximum absolute atomic E-state index is 13.3. The number of rotatable bonds is 7. The standard InChI is InChI=1S/C25H25N5O2S/c26-16-21-19(17-29-10-4-3-8-23(21)29)18-33-25-27-22-7-2-1-6-20(22)24(31)30(25)11-5-9-28-12-14-32-15-13-28/h1-4,6-8,10,17H,5,9,11-15,18H2. The number of nitriles is 1. The van der Waals surface area contributed by atoms with Crippen molar-refractivity contribution in [3.8, 4) is 6.07 Å². The van der Waals surface area contributed by atoms with Gasteiger partial charge in [-0.2, -0.15) is 5.26 Å². The summed E-state index contributed by atoms with van der Waals surface area (Å²) in [5, 5.41) is 11.1. The number of nitrogens with zero attached hydrogens (tertiary/aromatic N) is 5. The minimum atomic E-state index is -0.00683. The molecular weight excluding hydrogens is 434 g/mol. The first-order valence-electron chi connectivity index (χ1n) is 11.2. The van der Waals surface area contributed by atoms with E-state index in [4.69, 9.17) is 9.72 Å². The molecule has 1 saturated heterocycles. The Hall–Kier alpha value is -3.12. The molecule has 0 aliphatic carbocycles. The number of thioether (sulfide) groups is 1. The second kappa shape index (κ2) is 9.79. The number of morpholine rings is 1. The molecular formula is C25H25N5O2S. The summed E-state index contributed by atoms with van der Waals surface area (Å²) in [5.41, 5.74) is 3.20. The lowest BCUT2D eigenvalue weighted by molar-refractivity contribution is 0.0368. The molecule has 0 amide bonds. The quantitative estimate of drug-likeness (QED) is 0.311. The predicted octanol–water partition coefficient (Wildman–Crippen LogP) is 3.54. The molecule has 0 spiro atoms. The molecule has 33 heavy (non-hydrogen) atoms. The monoisotopic (exact) mass is 459 g/mol. The summed E-state index contributed by atoms with van der Waals surface area (Å²) in [6.45, 7) is 4.95. The number of benzene rings is 1. The fourth-order valence-corrected chi connectivity index (χ4v) is 5.29. The Labute approximate surface area is 196 Å². The maximum Gasteiger partial charge on any atom is 0.262 e. The molecule has 1 aliphatic rings. The largest absolute Gasteiger partial charge is 0.379 e. The number of para-hydroxylation sites is 1. The Morgan fingerprint density at radius 1 is 1.09 bits per heavy atom. The number of hydrogen-bond acceptors (Lipinski definition) is 6. The minimum absolute atomic E-state index is 0.00683. The lowest BCUT2D eigenvalue weighted by Gasteiger charge is -2.26. The van der Waals surface area contributed by atoms with E-state index in [2.05, 4.69) is 11.0 Å². The van der Waals surface area contributed by atoms with Crippen LogP contribution in [-0.4, -0.2) is 51.7 Å². The molecule has 5 rings (SSSR count). The fraction of sp³-hybridized carbons (Fsp3) is 0.320. The third kappa shape index (κ3) is 4.53. The van der Waals surface area contributed by atoms with Gasteiger partial charge in [-0.05, 0) is 36.2 Å². The molecule has 3 aromatic heterocycles. The number of fused-ring (bicyclic) bond motifs is 2. The van der Waals surface area contributed by atoms with Crippen LogP contribution in [0.25, 0.3) is 16.4 Å². The smallest absolute Gasteiger partial charge is 0.262 e. The lowest BCUT2D eigenvalue weighted by atomic mass is 10.2. The first-order valence-corrected chi connectivity index (χ1v) is 12.1. The van der Waals surface area contributed by atoms with E-state index >= 15 is 0 Å². The number of ether oxygens (including phenoxy) is 1. The van der Waals surface area contributed by atoms with Crippen LogP contribution in [0.3, 0.4) is 0 Å². The Bertz CT molecular complexity index is 1380. The van der Waals surface area contributed by atoms with Gasteiger partial charge in [0.2, 0.25) is 0 Å². The summed E-state index contributed by atoms with van der Waals surface area (Å²) in [6.07, 6.45) is 4.80. The normalized spacial score (nSPS) is 14.6. The fourth-order valence-electron chi connectivity index (χ4n) is 4.29. The highest BCUT2D eigenvalue weighted by Gasteiger charge is 2.16. The first kappa shape index (κ1) is 21.7. The van der Waals surface area contributed by atoms with Gasteiger partial charge < -0.3 is 9.14 Å². The SMILES string of the molecule is N#Cc1c(CSc2nc3ccccc3c(=O)n2CCCN2CCOCC2)cn2ccccc12. The van der Waals surface area contributed by atoms with E-state index in [0.717, 1.165) is 50.3 Å². The first-order chi connectivity index (χ1) is 16.2. The third-order valence-electron chi connectivity index (χ3n) is 6.02. The molecule has 0 atom stereocenters. The highest BCUT2D eigenvalue weighted by Crippen LogP contribution is 2.27. The van der Waals surface area contributed by atoms with Gasteiger partial charge in [-0.3, -0.25) is 14.3 Å². The lowest BCUT2D eigenvalue weighted by Crippen LogP contribution is -2.37. The third-order valence-corrected chi connectivity index (χ3v) is 7.04. The van der Waals surface area contributed by atoms with Crippen LogP contribution in [0.4, 0.5) is 0 Å². The minimum Gasteiger partial charge on any atom is -0.379 e. The molecule has 0 unspecified atom stereocenters. The Balaban J connectivity index is 1.42. The highest BCUT2D eigenvalue weighted by molar-refractivity contribution is 7.98. The number of aromatic nitrogens is 3. The van der Waals surface area contributed by atoms with Crippen LogP contribution in [0.1, 0.15) is 17.5 Å². The summed E-state index contributed by atoms with van der Waals surface area (Å²) in [6, 6.07) is 15.7. The maximum atomic E-state index is 13.3. The van der Waals surface area contributed by atoms with Gasteiger partial charge in [0.15, 0.2) is 5.16 Å². The molecule has 1 fully saturated rings. The topological polar surface area (TPSA) is 75.6 Å². The van der Waals surface area contributed by atoms with Crippen molar-refractivity contribution in [1.29, 1.82) is 5.26 Å². The van der Waals surface area contributed by atoms with Gasteiger partial charge in [0.05, 0.1) is 35.2 Å². The average molecular weight is 460 g/mol. The second-order valence-electron chi connectivity index (χ2n) is 8.10. The average Bonchev–Trinajstić information content (AvgIpc) is 3.22. The van der Waals surface area contributed by atoms with Crippen molar-refractivity contribution in [2.75, 3.05) is 32.8 Å². The Morgan fingerprint density at radius 3 is 2.76 bits per heavy atom. The molecule has 0 radical (unpaired) electrons. The summed E-state index contributed by atoms with van der Waals surface area (Å²) in [7, 11) is 0. The van der Waals surface area contributed by atoms with Crippen molar-refractivity contribution < 1.29 is 4.74 Å². The van der Waals surface area contributed by atoms with Gasteiger partial charge in [0, 0.05) is 44.3 Å². The van der Waals surface area contributed by atoms with Gasteiger partial charge in [-0.1, -0.05) is 30.0 Å². The molecule has 7 nitrogen and oxygen atoms in total. The van der Waals surface area contributed by atoms with E-state index in [1.165, 1.54) is 11.8 Å². The van der Waals surface area contributed by atoms with Crippen LogP contribution in [0.5, 0.6) is 0 Å². The molecule has 1 aliphatic heterocycles. The van der Waals surface area contributed by atoms with E-state index in [1.54, 1.807) is 4.57 Å². The van der Waals surface area contributed by atoms with Crippen LogP contribution >= 0.6 is 11.8 Å². The van der Waals surface area contributed by atoms with Gasteiger partial charge in [0.1, 0.15) is 6.07 Å². The van der Waals surface area contributed by atoms with Gasteiger partial charge in [-0.15, -0.1) is 0 Å². The van der Waals surface area contributed by atoms with Crippen molar-refractivity contribution in [3.05, 3.63) is 76.3 Å². The van der Waals surface area contributed by atoms with E-state index in [-0.39, 0.29) is 5.56 Å². The molecule has 8 heteroatoms. The Morgan fingerprint density at radius 2 is 1.91 bits per heavy atom. The van der Waals surface area contributed by atoms with Crippen molar-refractivity contribution in [3.63, 3.8) is 0 Å². The van der Waals surface area contributed by atoms with Gasteiger partial charge >= 0.3 is 0 Å². The van der Waals surface area contributed by atoms with Crippen LogP contribution in [0.2, 0.25) is 0 Å². The number of pyridine rings is 1. The van der Waals surface area contributed by atoms with E-state index in [0.29, 0.717) is 33.9 Å². The zero-order chi connectivity index (χ0) is 22.6. The predicted molar refractivity (Wildman–Crippen MR) is 130 cm³/mol. The molecule has 0 N–H and O–H groups in total. The highest BCUT2D eigenvalue weighted by atomic mass is 32.2. The zero-order valence-electron chi connectivity index (χ0n) is 18.3. The summed E-state index contributed by atoms with van der Waals surface area (Å²) in [4.78, 5) is 20.5. The van der Waals surface area contributed by atoms with Crippen molar-refractivity contribution in [2.45, 2.75) is 23.9 Å². The van der Waals surface area contributed by atoms with Crippen LogP contribution < -0.4 is 5.56 Å². The summed E-state index contributed by atoms with van der Waals surface area (Å²) >= 11 is 1.51. The second-order valence-corrected chi connectivity index (χ2v) is 9.04. The summed E-state index contributed by atoms with van der Waals surface area (Å²) in [5.74, 6) is 0.568. The van der Waals surface area contributed by atoms with Gasteiger partial charge in [0.25, 0.3) is 5.56 Å².